The molecule has 0 radical (unpaired) electrons. The molecule has 0 saturated carbocycles. The Hall–Kier alpha value is -1.29. The van der Waals surface area contributed by atoms with Crippen molar-refractivity contribution < 1.29 is 14.6 Å². The second-order valence-electron chi connectivity index (χ2n) is 2.66. The number of thiophene rings is 1. The van der Waals surface area contributed by atoms with Gasteiger partial charge in [0.15, 0.2) is 4.88 Å². The van der Waals surface area contributed by atoms with E-state index in [9.17, 15) is 4.79 Å². The molecule has 3 nitrogen and oxygen atoms in total. The summed E-state index contributed by atoms with van der Waals surface area (Å²) in [5.41, 5.74) is 0. The number of carboxylic acid groups (broad SMARTS) is 1. The number of ether oxygens (including phenoxy) is 1. The van der Waals surface area contributed by atoms with Crippen molar-refractivity contribution in [2.75, 3.05) is 6.61 Å². The van der Waals surface area contributed by atoms with E-state index in [1.807, 2.05) is 6.92 Å². The number of carbonyl (C=O) groups is 1. The van der Waals surface area contributed by atoms with Gasteiger partial charge in [-0.25, -0.2) is 4.79 Å². The van der Waals surface area contributed by atoms with Gasteiger partial charge >= 0.3 is 5.97 Å². The molecule has 1 N–H and O–H groups in total. The molecule has 14 heavy (non-hydrogen) atoms. The van der Waals surface area contributed by atoms with Crippen LogP contribution in [0.4, 0.5) is 0 Å². The predicted octanol–water partition coefficient (Wildman–Crippen LogP) is 2.57. The number of aryl methyl sites for hydroxylation is 1. The first kappa shape index (κ1) is 10.8. The maximum absolute atomic E-state index is 10.8. The van der Waals surface area contributed by atoms with Crippen molar-refractivity contribution in [2.24, 2.45) is 0 Å². The standard InChI is InChI=1S/C10H12O3S/c1-3-5-13-8-6-7(4-2)14-9(8)10(11)12/h3,6H,1,4-5H2,2H3,(H,11,12). The minimum atomic E-state index is -0.936. The van der Waals surface area contributed by atoms with E-state index in [-0.39, 0.29) is 4.88 Å². The molecule has 1 aromatic rings. The molecule has 0 fully saturated rings. The van der Waals surface area contributed by atoms with Crippen LogP contribution in [0.25, 0.3) is 0 Å². The molecule has 0 aliphatic rings. The lowest BCUT2D eigenvalue weighted by Gasteiger charge is -2.00. The third kappa shape index (κ3) is 2.35. The van der Waals surface area contributed by atoms with Gasteiger partial charge in [0.1, 0.15) is 12.4 Å². The van der Waals surface area contributed by atoms with Crippen molar-refractivity contribution in [3.8, 4) is 5.75 Å². The summed E-state index contributed by atoms with van der Waals surface area (Å²) in [7, 11) is 0. The lowest BCUT2D eigenvalue weighted by molar-refractivity contribution is 0.0698. The van der Waals surface area contributed by atoms with Crippen molar-refractivity contribution in [1.82, 2.24) is 0 Å². The van der Waals surface area contributed by atoms with Crippen LogP contribution in [-0.4, -0.2) is 17.7 Å². The van der Waals surface area contributed by atoms with Gasteiger partial charge in [0.2, 0.25) is 0 Å². The summed E-state index contributed by atoms with van der Waals surface area (Å²) in [4.78, 5) is 12.1. The number of carboxylic acids is 1. The summed E-state index contributed by atoms with van der Waals surface area (Å²) in [6, 6.07) is 1.78. The fourth-order valence-corrected chi connectivity index (χ4v) is 1.88. The van der Waals surface area contributed by atoms with Gasteiger partial charge in [-0.05, 0) is 12.5 Å². The highest BCUT2D eigenvalue weighted by Crippen LogP contribution is 2.29. The van der Waals surface area contributed by atoms with Gasteiger partial charge in [-0.15, -0.1) is 11.3 Å². The molecule has 4 heteroatoms. The maximum Gasteiger partial charge on any atom is 0.349 e. The van der Waals surface area contributed by atoms with Gasteiger partial charge < -0.3 is 9.84 Å². The predicted molar refractivity (Wildman–Crippen MR) is 56.3 cm³/mol. The van der Waals surface area contributed by atoms with Crippen LogP contribution in [0.2, 0.25) is 0 Å². The number of aromatic carboxylic acids is 1. The molecule has 0 aromatic carbocycles. The minimum absolute atomic E-state index is 0.267. The maximum atomic E-state index is 10.8. The Morgan fingerprint density at radius 1 is 1.79 bits per heavy atom. The summed E-state index contributed by atoms with van der Waals surface area (Å²) in [5.74, 6) is -0.493. The van der Waals surface area contributed by atoms with Crippen molar-refractivity contribution in [2.45, 2.75) is 13.3 Å². The van der Waals surface area contributed by atoms with E-state index in [0.29, 0.717) is 12.4 Å². The number of hydrogen-bond acceptors (Lipinski definition) is 3. The highest BCUT2D eigenvalue weighted by molar-refractivity contribution is 7.14. The second kappa shape index (κ2) is 4.81. The normalized spacial score (nSPS) is 9.79. The molecule has 1 heterocycles. The topological polar surface area (TPSA) is 46.5 Å². The molecule has 0 atom stereocenters. The molecule has 1 aromatic heterocycles. The van der Waals surface area contributed by atoms with Gasteiger partial charge in [-0.1, -0.05) is 19.6 Å². The summed E-state index contributed by atoms with van der Waals surface area (Å²) < 4.78 is 5.24. The molecule has 0 aliphatic heterocycles. The van der Waals surface area contributed by atoms with Gasteiger partial charge in [0.05, 0.1) is 0 Å². The molecular weight excluding hydrogens is 200 g/mol. The van der Waals surface area contributed by atoms with E-state index >= 15 is 0 Å². The van der Waals surface area contributed by atoms with Crippen molar-refractivity contribution in [3.05, 3.63) is 28.5 Å². The molecule has 76 valence electrons. The third-order valence-corrected chi connectivity index (χ3v) is 2.90. The largest absolute Gasteiger partial charge is 0.488 e. The van der Waals surface area contributed by atoms with E-state index in [4.69, 9.17) is 9.84 Å². The fourth-order valence-electron chi connectivity index (χ4n) is 1.00. The van der Waals surface area contributed by atoms with E-state index in [1.54, 1.807) is 12.1 Å². The monoisotopic (exact) mass is 212 g/mol. The Balaban J connectivity index is 2.93. The van der Waals surface area contributed by atoms with Gasteiger partial charge in [-0.2, -0.15) is 0 Å². The van der Waals surface area contributed by atoms with Crippen LogP contribution in [-0.2, 0) is 6.42 Å². The summed E-state index contributed by atoms with van der Waals surface area (Å²) >= 11 is 1.26. The quantitative estimate of drug-likeness (QED) is 0.763. The summed E-state index contributed by atoms with van der Waals surface area (Å²) in [5, 5.41) is 8.88. The van der Waals surface area contributed by atoms with Gasteiger partial charge in [0, 0.05) is 4.88 Å². The molecule has 1 rings (SSSR count). The van der Waals surface area contributed by atoms with Crippen molar-refractivity contribution in [1.29, 1.82) is 0 Å². The van der Waals surface area contributed by atoms with Crippen LogP contribution in [0.3, 0.4) is 0 Å². The average molecular weight is 212 g/mol. The van der Waals surface area contributed by atoms with E-state index in [1.165, 1.54) is 11.3 Å². The Morgan fingerprint density at radius 3 is 3.00 bits per heavy atom. The Kier molecular flexibility index (Phi) is 3.71. The summed E-state index contributed by atoms with van der Waals surface area (Å²) in [6.45, 7) is 5.82. The Morgan fingerprint density at radius 2 is 2.50 bits per heavy atom. The zero-order valence-electron chi connectivity index (χ0n) is 7.95. The van der Waals surface area contributed by atoms with Gasteiger partial charge in [0.25, 0.3) is 0 Å². The fraction of sp³-hybridized carbons (Fsp3) is 0.300. The molecule has 0 spiro atoms. The zero-order chi connectivity index (χ0) is 10.6. The van der Waals surface area contributed by atoms with Crippen LogP contribution in [0.5, 0.6) is 5.75 Å². The zero-order valence-corrected chi connectivity index (χ0v) is 8.76. The number of hydrogen-bond donors (Lipinski definition) is 1. The van der Waals surface area contributed by atoms with Crippen LogP contribution < -0.4 is 4.74 Å². The first-order valence-corrected chi connectivity index (χ1v) is 5.10. The van der Waals surface area contributed by atoms with E-state index in [0.717, 1.165) is 11.3 Å². The van der Waals surface area contributed by atoms with Crippen LogP contribution in [0, 0.1) is 0 Å². The van der Waals surface area contributed by atoms with Crippen molar-refractivity contribution in [3.63, 3.8) is 0 Å². The summed E-state index contributed by atoms with van der Waals surface area (Å²) in [6.07, 6.45) is 2.41. The minimum Gasteiger partial charge on any atom is -0.488 e. The van der Waals surface area contributed by atoms with Crippen molar-refractivity contribution >= 4 is 17.3 Å². The van der Waals surface area contributed by atoms with Crippen LogP contribution in [0.1, 0.15) is 21.5 Å². The lowest BCUT2D eigenvalue weighted by atomic mass is 10.3. The number of rotatable bonds is 5. The van der Waals surface area contributed by atoms with E-state index in [2.05, 4.69) is 6.58 Å². The molecule has 0 saturated heterocycles. The Labute approximate surface area is 86.6 Å². The second-order valence-corrected chi connectivity index (χ2v) is 3.80. The van der Waals surface area contributed by atoms with Gasteiger partial charge in [-0.3, -0.25) is 0 Å². The molecule has 0 aliphatic carbocycles. The van der Waals surface area contributed by atoms with Crippen LogP contribution >= 0.6 is 11.3 Å². The SMILES string of the molecule is C=CCOc1cc(CC)sc1C(=O)O. The average Bonchev–Trinajstić information content (AvgIpc) is 2.58. The first-order valence-electron chi connectivity index (χ1n) is 4.28. The third-order valence-electron chi connectivity index (χ3n) is 1.65. The molecular formula is C10H12O3S. The Bertz CT molecular complexity index is 341. The lowest BCUT2D eigenvalue weighted by Crippen LogP contribution is -1.98. The molecule has 0 unspecified atom stereocenters. The smallest absolute Gasteiger partial charge is 0.349 e. The van der Waals surface area contributed by atoms with Crippen LogP contribution in [0.15, 0.2) is 18.7 Å². The first-order chi connectivity index (χ1) is 6.69. The highest BCUT2D eigenvalue weighted by Gasteiger charge is 2.15. The van der Waals surface area contributed by atoms with E-state index < -0.39 is 5.97 Å². The highest BCUT2D eigenvalue weighted by atomic mass is 32.1. The molecule has 0 amide bonds. The molecule has 0 bridgehead atoms.